The molecule has 3 aromatic rings. The third-order valence-corrected chi connectivity index (χ3v) is 4.94. The molecular formula is C17H17ClN6O. The van der Waals surface area contributed by atoms with Gasteiger partial charge in [0.1, 0.15) is 12.1 Å². The second kappa shape index (κ2) is 6.33. The molecule has 8 heteroatoms. The van der Waals surface area contributed by atoms with E-state index in [1.165, 1.54) is 0 Å². The third kappa shape index (κ3) is 3.02. The van der Waals surface area contributed by atoms with Crippen LogP contribution in [0.2, 0.25) is 5.02 Å². The van der Waals surface area contributed by atoms with Crippen LogP contribution < -0.4 is 4.90 Å². The lowest BCUT2D eigenvalue weighted by Crippen LogP contribution is -2.60. The lowest BCUT2D eigenvalue weighted by atomic mass is 10.1. The van der Waals surface area contributed by atoms with Gasteiger partial charge in [-0.05, 0) is 23.8 Å². The summed E-state index contributed by atoms with van der Waals surface area (Å²) in [5, 5.41) is 12.9. The van der Waals surface area contributed by atoms with Crippen LogP contribution in [0.5, 0.6) is 0 Å². The van der Waals surface area contributed by atoms with Gasteiger partial charge in [0.05, 0.1) is 12.5 Å². The lowest BCUT2D eigenvalue weighted by molar-refractivity contribution is -0.131. The highest BCUT2D eigenvalue weighted by Gasteiger charge is 2.33. The van der Waals surface area contributed by atoms with Crippen LogP contribution in [-0.4, -0.2) is 56.8 Å². The Hall–Kier alpha value is -2.67. The van der Waals surface area contributed by atoms with E-state index >= 15 is 0 Å². The van der Waals surface area contributed by atoms with Gasteiger partial charge in [0.25, 0.3) is 0 Å². The van der Waals surface area contributed by atoms with E-state index in [0.717, 1.165) is 24.5 Å². The number of benzene rings is 1. The van der Waals surface area contributed by atoms with Crippen molar-refractivity contribution in [1.29, 1.82) is 0 Å². The summed E-state index contributed by atoms with van der Waals surface area (Å²) in [5.41, 5.74) is 1.57. The Morgan fingerprint density at radius 1 is 1.28 bits per heavy atom. The normalized spacial score (nSPS) is 14.6. The molecule has 1 aliphatic heterocycles. The standard InChI is InChI=1S/C17H17ClN6O/c1-22(17(25)8-12-4-2-3-5-14(12)18)13-9-23(10-13)16-7-6-15-20-19-11-24(15)21-16/h2-7,11,13H,8-10H2,1H3. The van der Waals surface area contributed by atoms with E-state index in [0.29, 0.717) is 17.1 Å². The molecule has 4 rings (SSSR count). The molecule has 0 spiro atoms. The highest BCUT2D eigenvalue weighted by Crippen LogP contribution is 2.22. The number of carbonyl (C=O) groups is 1. The average molecular weight is 357 g/mol. The van der Waals surface area contributed by atoms with Gasteiger partial charge >= 0.3 is 0 Å². The van der Waals surface area contributed by atoms with Crippen molar-refractivity contribution in [1.82, 2.24) is 24.7 Å². The predicted octanol–water partition coefficient (Wildman–Crippen LogP) is 1.67. The smallest absolute Gasteiger partial charge is 0.227 e. The minimum absolute atomic E-state index is 0.0694. The summed E-state index contributed by atoms with van der Waals surface area (Å²) < 4.78 is 1.65. The summed E-state index contributed by atoms with van der Waals surface area (Å²) in [6, 6.07) is 11.4. The van der Waals surface area contributed by atoms with Gasteiger partial charge in [-0.25, -0.2) is 0 Å². The Kier molecular flexibility index (Phi) is 4.01. The summed E-state index contributed by atoms with van der Waals surface area (Å²) in [6.45, 7) is 1.51. The molecule has 1 fully saturated rings. The Morgan fingerprint density at radius 3 is 2.88 bits per heavy atom. The van der Waals surface area contributed by atoms with Gasteiger partial charge in [-0.3, -0.25) is 4.79 Å². The van der Waals surface area contributed by atoms with Gasteiger partial charge in [0.2, 0.25) is 5.91 Å². The van der Waals surface area contributed by atoms with E-state index in [4.69, 9.17) is 11.6 Å². The molecule has 7 nitrogen and oxygen atoms in total. The molecule has 0 aliphatic carbocycles. The largest absolute Gasteiger partial charge is 0.351 e. The molecule has 128 valence electrons. The van der Waals surface area contributed by atoms with Crippen LogP contribution in [0.25, 0.3) is 5.65 Å². The maximum Gasteiger partial charge on any atom is 0.227 e. The molecule has 0 radical (unpaired) electrons. The molecule has 2 aromatic heterocycles. The van der Waals surface area contributed by atoms with Crippen molar-refractivity contribution in [2.24, 2.45) is 0 Å². The molecule has 0 N–H and O–H groups in total. The van der Waals surface area contributed by atoms with E-state index in [1.54, 1.807) is 15.7 Å². The number of aromatic nitrogens is 4. The van der Waals surface area contributed by atoms with Crippen LogP contribution in [-0.2, 0) is 11.2 Å². The van der Waals surface area contributed by atoms with E-state index in [9.17, 15) is 4.79 Å². The first-order chi connectivity index (χ1) is 12.1. The first kappa shape index (κ1) is 15.8. The van der Waals surface area contributed by atoms with Gasteiger partial charge in [-0.1, -0.05) is 29.8 Å². The molecule has 1 aromatic carbocycles. The lowest BCUT2D eigenvalue weighted by Gasteiger charge is -2.44. The fourth-order valence-corrected chi connectivity index (χ4v) is 3.11. The van der Waals surface area contributed by atoms with Gasteiger partial charge < -0.3 is 9.80 Å². The number of amides is 1. The van der Waals surface area contributed by atoms with Gasteiger partial charge in [-0.2, -0.15) is 4.52 Å². The zero-order chi connectivity index (χ0) is 17.4. The SMILES string of the molecule is CN(C(=O)Cc1ccccc1Cl)C1CN(c2ccc3nncn3n2)C1. The average Bonchev–Trinajstić information content (AvgIpc) is 3.03. The first-order valence-corrected chi connectivity index (χ1v) is 8.41. The number of halogens is 1. The van der Waals surface area contributed by atoms with Crippen molar-refractivity contribution in [3.63, 3.8) is 0 Å². The highest BCUT2D eigenvalue weighted by molar-refractivity contribution is 6.31. The summed E-state index contributed by atoms with van der Waals surface area (Å²) >= 11 is 6.14. The number of nitrogens with zero attached hydrogens (tertiary/aromatic N) is 6. The summed E-state index contributed by atoms with van der Waals surface area (Å²) in [5.74, 6) is 0.926. The third-order valence-electron chi connectivity index (χ3n) is 4.57. The van der Waals surface area contributed by atoms with Crippen molar-refractivity contribution < 1.29 is 4.79 Å². The fourth-order valence-electron chi connectivity index (χ4n) is 2.91. The van der Waals surface area contributed by atoms with Gasteiger partial charge in [0.15, 0.2) is 5.65 Å². The number of carbonyl (C=O) groups excluding carboxylic acids is 1. The van der Waals surface area contributed by atoms with Crippen LogP contribution in [0.4, 0.5) is 5.82 Å². The second-order valence-corrected chi connectivity index (χ2v) is 6.56. The Balaban J connectivity index is 1.37. The molecular weight excluding hydrogens is 340 g/mol. The van der Waals surface area contributed by atoms with Crippen LogP contribution in [0.3, 0.4) is 0 Å². The summed E-state index contributed by atoms with van der Waals surface area (Å²) in [6.07, 6.45) is 1.90. The maximum absolute atomic E-state index is 12.5. The Morgan fingerprint density at radius 2 is 2.08 bits per heavy atom. The molecule has 25 heavy (non-hydrogen) atoms. The zero-order valence-corrected chi connectivity index (χ0v) is 14.5. The zero-order valence-electron chi connectivity index (χ0n) is 13.7. The van der Waals surface area contributed by atoms with E-state index in [-0.39, 0.29) is 11.9 Å². The predicted molar refractivity (Wildman–Crippen MR) is 94.7 cm³/mol. The molecule has 3 heterocycles. The first-order valence-electron chi connectivity index (χ1n) is 8.03. The van der Waals surface area contributed by atoms with Crippen LogP contribution in [0.1, 0.15) is 5.56 Å². The number of fused-ring (bicyclic) bond motifs is 1. The quantitative estimate of drug-likeness (QED) is 0.711. The molecule has 1 aliphatic rings. The van der Waals surface area contributed by atoms with E-state index < -0.39 is 0 Å². The van der Waals surface area contributed by atoms with Crippen molar-refractivity contribution in [3.8, 4) is 0 Å². The summed E-state index contributed by atoms with van der Waals surface area (Å²) in [4.78, 5) is 16.4. The summed E-state index contributed by atoms with van der Waals surface area (Å²) in [7, 11) is 1.84. The number of rotatable bonds is 4. The van der Waals surface area contributed by atoms with Crippen molar-refractivity contribution in [3.05, 3.63) is 53.3 Å². The number of hydrogen-bond donors (Lipinski definition) is 0. The number of anilines is 1. The maximum atomic E-state index is 12.5. The van der Waals surface area contributed by atoms with Crippen molar-refractivity contribution in [2.75, 3.05) is 25.0 Å². The molecule has 1 saturated heterocycles. The van der Waals surface area contributed by atoms with E-state index in [2.05, 4.69) is 20.2 Å². The minimum Gasteiger partial charge on any atom is -0.351 e. The van der Waals surface area contributed by atoms with Crippen LogP contribution in [0.15, 0.2) is 42.7 Å². The molecule has 0 unspecified atom stereocenters. The van der Waals surface area contributed by atoms with Crippen molar-refractivity contribution >= 4 is 29.0 Å². The molecule has 0 saturated carbocycles. The van der Waals surface area contributed by atoms with E-state index in [1.807, 2.05) is 43.4 Å². The number of hydrogen-bond acceptors (Lipinski definition) is 5. The molecule has 1 amide bonds. The minimum atomic E-state index is 0.0694. The van der Waals surface area contributed by atoms with Gasteiger partial charge in [0, 0.05) is 25.2 Å². The van der Waals surface area contributed by atoms with Crippen molar-refractivity contribution in [2.45, 2.75) is 12.5 Å². The fraction of sp³-hybridized carbons (Fsp3) is 0.294. The van der Waals surface area contributed by atoms with Crippen LogP contribution in [0, 0.1) is 0 Å². The Labute approximate surface area is 149 Å². The monoisotopic (exact) mass is 356 g/mol. The van der Waals surface area contributed by atoms with Crippen LogP contribution >= 0.6 is 11.6 Å². The highest BCUT2D eigenvalue weighted by atomic mass is 35.5. The topological polar surface area (TPSA) is 66.6 Å². The Bertz CT molecular complexity index is 920. The number of likely N-dealkylation sites (N-methyl/N-ethyl adjacent to an activating group) is 1. The molecule has 0 bridgehead atoms. The second-order valence-electron chi connectivity index (χ2n) is 6.16. The molecule has 0 atom stereocenters. The van der Waals surface area contributed by atoms with Gasteiger partial charge in [-0.15, -0.1) is 15.3 Å².